The van der Waals surface area contributed by atoms with Crippen molar-refractivity contribution in [3.05, 3.63) is 57.8 Å². The highest BCUT2D eigenvalue weighted by Gasteiger charge is 2.25. The molecule has 0 aliphatic rings. The first-order valence-corrected chi connectivity index (χ1v) is 8.05. The van der Waals surface area contributed by atoms with Crippen molar-refractivity contribution in [2.75, 3.05) is 20.6 Å². The number of rotatable bonds is 5. The van der Waals surface area contributed by atoms with Crippen molar-refractivity contribution in [2.24, 2.45) is 0 Å². The summed E-state index contributed by atoms with van der Waals surface area (Å²) < 4.78 is 0. The normalized spacial score (nSPS) is 13.2. The van der Waals surface area contributed by atoms with Crippen molar-refractivity contribution in [3.63, 3.8) is 0 Å². The molecule has 0 fully saturated rings. The first-order valence-electron chi connectivity index (χ1n) is 7.17. The van der Waals surface area contributed by atoms with Crippen LogP contribution < -0.4 is 5.32 Å². The molecule has 1 aromatic heterocycles. The topological polar surface area (TPSA) is 69.6 Å². The molecule has 6 heteroatoms. The largest absolute Gasteiger partial charge is 0.383 e. The molecule has 0 radical (unpaired) electrons. The minimum atomic E-state index is -1.11. The van der Waals surface area contributed by atoms with E-state index in [1.807, 2.05) is 17.5 Å². The number of hydrogen-bond acceptors (Lipinski definition) is 4. The second kappa shape index (κ2) is 6.93. The van der Waals surface area contributed by atoms with Gasteiger partial charge in [-0.2, -0.15) is 0 Å². The SMILES string of the molecule is CN(C)C(=O)c1ccc(C(=O)NCC(C)(O)c2cccs2)cc1. The van der Waals surface area contributed by atoms with Crippen molar-refractivity contribution in [1.29, 1.82) is 0 Å². The molecule has 122 valence electrons. The van der Waals surface area contributed by atoms with Crippen LogP contribution in [-0.4, -0.2) is 42.5 Å². The van der Waals surface area contributed by atoms with Crippen LogP contribution in [0, 0.1) is 0 Å². The summed E-state index contributed by atoms with van der Waals surface area (Å²) in [5.41, 5.74) is -0.135. The molecule has 1 heterocycles. The van der Waals surface area contributed by atoms with Crippen molar-refractivity contribution < 1.29 is 14.7 Å². The smallest absolute Gasteiger partial charge is 0.253 e. The quantitative estimate of drug-likeness (QED) is 0.881. The van der Waals surface area contributed by atoms with Crippen LogP contribution in [0.15, 0.2) is 41.8 Å². The number of benzene rings is 1. The summed E-state index contributed by atoms with van der Waals surface area (Å²) >= 11 is 1.44. The summed E-state index contributed by atoms with van der Waals surface area (Å²) in [6, 6.07) is 10.1. The zero-order valence-electron chi connectivity index (χ0n) is 13.4. The number of carbonyl (C=O) groups excluding carboxylic acids is 2. The van der Waals surface area contributed by atoms with Crippen molar-refractivity contribution in [2.45, 2.75) is 12.5 Å². The van der Waals surface area contributed by atoms with Gasteiger partial charge in [0.05, 0.1) is 6.54 Å². The number of amides is 2. The third-order valence-corrected chi connectivity index (χ3v) is 4.57. The third kappa shape index (κ3) is 4.18. The molecule has 0 saturated carbocycles. The van der Waals surface area contributed by atoms with E-state index in [0.29, 0.717) is 11.1 Å². The van der Waals surface area contributed by atoms with Crippen LogP contribution in [0.3, 0.4) is 0 Å². The first kappa shape index (κ1) is 17.2. The summed E-state index contributed by atoms with van der Waals surface area (Å²) in [6.07, 6.45) is 0. The summed E-state index contributed by atoms with van der Waals surface area (Å²) in [6.45, 7) is 1.78. The number of carbonyl (C=O) groups is 2. The molecule has 23 heavy (non-hydrogen) atoms. The van der Waals surface area contributed by atoms with Crippen LogP contribution in [0.4, 0.5) is 0 Å². The number of nitrogens with zero attached hydrogens (tertiary/aromatic N) is 1. The van der Waals surface area contributed by atoms with E-state index < -0.39 is 5.60 Å². The Morgan fingerprint density at radius 3 is 2.30 bits per heavy atom. The van der Waals surface area contributed by atoms with Gasteiger partial charge in [-0.1, -0.05) is 6.07 Å². The highest BCUT2D eigenvalue weighted by Crippen LogP contribution is 2.24. The van der Waals surface area contributed by atoms with E-state index in [9.17, 15) is 14.7 Å². The van der Waals surface area contributed by atoms with E-state index in [1.165, 1.54) is 16.2 Å². The van der Waals surface area contributed by atoms with E-state index in [4.69, 9.17) is 0 Å². The summed E-state index contributed by atoms with van der Waals surface area (Å²) in [5, 5.41) is 15.0. The van der Waals surface area contributed by atoms with Gasteiger partial charge >= 0.3 is 0 Å². The molecule has 1 unspecified atom stereocenters. The van der Waals surface area contributed by atoms with Gasteiger partial charge in [-0.25, -0.2) is 0 Å². The molecule has 1 atom stereocenters. The fraction of sp³-hybridized carbons (Fsp3) is 0.294. The monoisotopic (exact) mass is 332 g/mol. The third-order valence-electron chi connectivity index (χ3n) is 3.45. The second-order valence-electron chi connectivity index (χ2n) is 5.71. The molecule has 1 aromatic carbocycles. The Kier molecular flexibility index (Phi) is 5.18. The highest BCUT2D eigenvalue weighted by atomic mass is 32.1. The molecular formula is C17H20N2O3S. The molecular weight excluding hydrogens is 312 g/mol. The van der Waals surface area contributed by atoms with Crippen molar-refractivity contribution in [3.8, 4) is 0 Å². The van der Waals surface area contributed by atoms with Crippen molar-refractivity contribution >= 4 is 23.2 Å². The van der Waals surface area contributed by atoms with E-state index in [2.05, 4.69) is 5.32 Å². The number of aliphatic hydroxyl groups is 1. The fourth-order valence-electron chi connectivity index (χ4n) is 2.05. The van der Waals surface area contributed by atoms with Crippen LogP contribution in [-0.2, 0) is 5.60 Å². The van der Waals surface area contributed by atoms with Crippen LogP contribution in [0.2, 0.25) is 0 Å². The zero-order valence-corrected chi connectivity index (χ0v) is 14.2. The average Bonchev–Trinajstić information content (AvgIpc) is 3.07. The standard InChI is InChI=1S/C17H20N2O3S/c1-17(22,14-5-4-10-23-14)11-18-15(20)12-6-8-13(9-7-12)16(21)19(2)3/h4-10,22H,11H2,1-3H3,(H,18,20). The Morgan fingerprint density at radius 2 is 1.78 bits per heavy atom. The summed E-state index contributed by atoms with van der Waals surface area (Å²) in [5.74, 6) is -0.400. The molecule has 0 bridgehead atoms. The van der Waals surface area contributed by atoms with Gasteiger partial charge in [0.1, 0.15) is 5.60 Å². The molecule has 0 aliphatic carbocycles. The molecule has 0 aliphatic heterocycles. The Labute approximate surface area is 139 Å². The Balaban J connectivity index is 2.00. The number of thiophene rings is 1. The second-order valence-corrected chi connectivity index (χ2v) is 6.66. The average molecular weight is 332 g/mol. The first-order chi connectivity index (χ1) is 10.8. The van der Waals surface area contributed by atoms with E-state index in [1.54, 1.807) is 45.3 Å². The van der Waals surface area contributed by atoms with Gasteiger partial charge in [0, 0.05) is 30.1 Å². The predicted molar refractivity (Wildman–Crippen MR) is 90.7 cm³/mol. The Bertz CT molecular complexity index is 676. The van der Waals surface area contributed by atoms with Gasteiger partial charge < -0.3 is 15.3 Å². The maximum atomic E-state index is 12.2. The minimum Gasteiger partial charge on any atom is -0.383 e. The molecule has 5 nitrogen and oxygen atoms in total. The van der Waals surface area contributed by atoms with Gasteiger partial charge in [0.15, 0.2) is 0 Å². The molecule has 0 saturated heterocycles. The zero-order chi connectivity index (χ0) is 17.0. The van der Waals surface area contributed by atoms with E-state index in [0.717, 1.165) is 4.88 Å². The van der Waals surface area contributed by atoms with Crippen LogP contribution in [0.25, 0.3) is 0 Å². The lowest BCUT2D eigenvalue weighted by Crippen LogP contribution is -2.38. The molecule has 0 spiro atoms. The fourth-order valence-corrected chi connectivity index (χ4v) is 2.84. The lowest BCUT2D eigenvalue weighted by Gasteiger charge is -2.22. The van der Waals surface area contributed by atoms with Gasteiger partial charge in [-0.3, -0.25) is 9.59 Å². The molecule has 2 N–H and O–H groups in total. The minimum absolute atomic E-state index is 0.113. The van der Waals surface area contributed by atoms with Crippen LogP contribution >= 0.6 is 11.3 Å². The van der Waals surface area contributed by atoms with Gasteiger partial charge in [0.2, 0.25) is 0 Å². The van der Waals surface area contributed by atoms with E-state index in [-0.39, 0.29) is 18.4 Å². The summed E-state index contributed by atoms with van der Waals surface area (Å²) in [4.78, 5) is 26.2. The lowest BCUT2D eigenvalue weighted by molar-refractivity contribution is 0.0557. The van der Waals surface area contributed by atoms with Gasteiger partial charge in [0.25, 0.3) is 11.8 Å². The maximum Gasteiger partial charge on any atom is 0.253 e. The lowest BCUT2D eigenvalue weighted by atomic mass is 10.0. The number of hydrogen-bond donors (Lipinski definition) is 2. The van der Waals surface area contributed by atoms with Crippen LogP contribution in [0.5, 0.6) is 0 Å². The Morgan fingerprint density at radius 1 is 1.17 bits per heavy atom. The predicted octanol–water partition coefficient (Wildman–Crippen LogP) is 2.09. The molecule has 2 rings (SSSR count). The maximum absolute atomic E-state index is 12.2. The van der Waals surface area contributed by atoms with Gasteiger partial charge in [-0.15, -0.1) is 11.3 Å². The summed E-state index contributed by atoms with van der Waals surface area (Å²) in [7, 11) is 3.35. The molecule has 2 amide bonds. The molecule has 2 aromatic rings. The number of nitrogens with one attached hydrogen (secondary N) is 1. The highest BCUT2D eigenvalue weighted by molar-refractivity contribution is 7.10. The van der Waals surface area contributed by atoms with Crippen molar-refractivity contribution in [1.82, 2.24) is 10.2 Å². The van der Waals surface area contributed by atoms with Gasteiger partial charge in [-0.05, 0) is 42.6 Å². The Hall–Kier alpha value is -2.18. The van der Waals surface area contributed by atoms with E-state index >= 15 is 0 Å². The van der Waals surface area contributed by atoms with Crippen LogP contribution in [0.1, 0.15) is 32.5 Å².